The Morgan fingerprint density at radius 2 is 1.81 bits per heavy atom. The van der Waals surface area contributed by atoms with Gasteiger partial charge in [0.1, 0.15) is 0 Å². The van der Waals surface area contributed by atoms with Crippen LogP contribution in [0.1, 0.15) is 38.2 Å². The molecule has 1 N–H and O–H groups in total. The van der Waals surface area contributed by atoms with Gasteiger partial charge in [0.25, 0.3) is 0 Å². The monoisotopic (exact) mass is 218 g/mol. The maximum atomic E-state index is 2.39. The molecule has 0 bridgehead atoms. The van der Waals surface area contributed by atoms with Crippen LogP contribution in [0.2, 0.25) is 0 Å². The average molecular weight is 218 g/mol. The van der Waals surface area contributed by atoms with E-state index in [2.05, 4.69) is 44.2 Å². The zero-order valence-electron chi connectivity index (χ0n) is 10.6. The molecule has 0 aliphatic carbocycles. The number of benzene rings is 1. The van der Waals surface area contributed by atoms with E-state index < -0.39 is 0 Å². The SMILES string of the molecule is CC1CC[NH+](C[C@H](C)c2ccccc2)CC1. The van der Waals surface area contributed by atoms with E-state index in [9.17, 15) is 0 Å². The molecule has 0 amide bonds. The molecule has 1 fully saturated rings. The molecule has 1 aromatic rings. The predicted octanol–water partition coefficient (Wildman–Crippen LogP) is 2.10. The van der Waals surface area contributed by atoms with Gasteiger partial charge in [-0.05, 0) is 24.3 Å². The molecule has 1 saturated heterocycles. The Hall–Kier alpha value is -0.820. The molecule has 0 saturated carbocycles. The minimum absolute atomic E-state index is 0.699. The highest BCUT2D eigenvalue weighted by Gasteiger charge is 2.21. The maximum Gasteiger partial charge on any atom is 0.0837 e. The lowest BCUT2D eigenvalue weighted by Gasteiger charge is -2.29. The first-order valence-corrected chi connectivity index (χ1v) is 6.64. The molecule has 2 rings (SSSR count). The van der Waals surface area contributed by atoms with Crippen molar-refractivity contribution in [1.29, 1.82) is 0 Å². The fourth-order valence-electron chi connectivity index (χ4n) is 2.71. The molecule has 0 radical (unpaired) electrons. The van der Waals surface area contributed by atoms with Gasteiger partial charge in [-0.15, -0.1) is 0 Å². The Morgan fingerprint density at radius 3 is 2.44 bits per heavy atom. The van der Waals surface area contributed by atoms with Crippen molar-refractivity contribution in [2.24, 2.45) is 5.92 Å². The topological polar surface area (TPSA) is 4.44 Å². The largest absolute Gasteiger partial charge is 0.334 e. The first kappa shape index (κ1) is 11.7. The normalized spacial score (nSPS) is 27.6. The van der Waals surface area contributed by atoms with E-state index in [4.69, 9.17) is 0 Å². The summed E-state index contributed by atoms with van der Waals surface area (Å²) < 4.78 is 0. The van der Waals surface area contributed by atoms with E-state index in [1.54, 1.807) is 4.90 Å². The second kappa shape index (κ2) is 5.49. The predicted molar refractivity (Wildman–Crippen MR) is 68.8 cm³/mol. The Balaban J connectivity index is 1.86. The molecule has 1 aliphatic heterocycles. The van der Waals surface area contributed by atoms with Crippen molar-refractivity contribution in [2.75, 3.05) is 19.6 Å². The van der Waals surface area contributed by atoms with Crippen molar-refractivity contribution in [1.82, 2.24) is 0 Å². The molecule has 1 heteroatoms. The molecule has 1 aromatic carbocycles. The van der Waals surface area contributed by atoms with Crippen molar-refractivity contribution >= 4 is 0 Å². The van der Waals surface area contributed by atoms with E-state index in [0.29, 0.717) is 5.92 Å². The molecule has 1 nitrogen and oxygen atoms in total. The number of hydrogen-bond acceptors (Lipinski definition) is 0. The molecule has 0 unspecified atom stereocenters. The fraction of sp³-hybridized carbons (Fsp3) is 0.600. The van der Waals surface area contributed by atoms with Crippen LogP contribution >= 0.6 is 0 Å². The molecule has 88 valence electrons. The highest BCUT2D eigenvalue weighted by Crippen LogP contribution is 2.13. The molecular weight excluding hydrogens is 194 g/mol. The van der Waals surface area contributed by atoms with Crippen molar-refractivity contribution in [3.8, 4) is 0 Å². The van der Waals surface area contributed by atoms with E-state index in [1.165, 1.54) is 38.0 Å². The lowest BCUT2D eigenvalue weighted by molar-refractivity contribution is -0.907. The van der Waals surface area contributed by atoms with Crippen molar-refractivity contribution in [3.63, 3.8) is 0 Å². The molecule has 0 aromatic heterocycles. The summed E-state index contributed by atoms with van der Waals surface area (Å²) in [7, 11) is 0. The maximum absolute atomic E-state index is 2.39. The van der Waals surface area contributed by atoms with Crippen molar-refractivity contribution in [2.45, 2.75) is 32.6 Å². The number of hydrogen-bond donors (Lipinski definition) is 1. The van der Waals surface area contributed by atoms with Gasteiger partial charge in [0.2, 0.25) is 0 Å². The fourth-order valence-corrected chi connectivity index (χ4v) is 2.71. The van der Waals surface area contributed by atoms with Crippen molar-refractivity contribution in [3.05, 3.63) is 35.9 Å². The molecule has 1 aliphatic rings. The number of likely N-dealkylation sites (tertiary alicyclic amines) is 1. The van der Waals surface area contributed by atoms with Crippen LogP contribution in [0.4, 0.5) is 0 Å². The Kier molecular flexibility index (Phi) is 4.00. The lowest BCUT2D eigenvalue weighted by atomic mass is 9.96. The van der Waals surface area contributed by atoms with Crippen LogP contribution in [0.25, 0.3) is 0 Å². The van der Waals surface area contributed by atoms with Gasteiger partial charge < -0.3 is 4.90 Å². The summed E-state index contributed by atoms with van der Waals surface area (Å²) in [5.74, 6) is 1.65. The summed E-state index contributed by atoms with van der Waals surface area (Å²) in [6.07, 6.45) is 2.83. The molecule has 1 atom stereocenters. The van der Waals surface area contributed by atoms with E-state index >= 15 is 0 Å². The second-order valence-corrected chi connectivity index (χ2v) is 5.45. The van der Waals surface area contributed by atoms with Crippen molar-refractivity contribution < 1.29 is 4.90 Å². The lowest BCUT2D eigenvalue weighted by Crippen LogP contribution is -3.13. The minimum Gasteiger partial charge on any atom is -0.334 e. The Morgan fingerprint density at radius 1 is 1.19 bits per heavy atom. The summed E-state index contributed by atoms with van der Waals surface area (Å²) in [6.45, 7) is 8.80. The Bertz CT molecular complexity index is 298. The van der Waals surface area contributed by atoms with Crippen LogP contribution in [0.15, 0.2) is 30.3 Å². The van der Waals surface area contributed by atoms with Crippen LogP contribution in [-0.4, -0.2) is 19.6 Å². The first-order valence-electron chi connectivity index (χ1n) is 6.64. The van der Waals surface area contributed by atoms with Crippen LogP contribution < -0.4 is 4.90 Å². The van der Waals surface area contributed by atoms with Gasteiger partial charge in [-0.3, -0.25) is 0 Å². The van der Waals surface area contributed by atoms with Gasteiger partial charge in [0.05, 0.1) is 19.6 Å². The summed E-state index contributed by atoms with van der Waals surface area (Å²) in [4.78, 5) is 1.80. The van der Waals surface area contributed by atoms with Gasteiger partial charge in [-0.1, -0.05) is 44.2 Å². The van der Waals surface area contributed by atoms with Crippen LogP contribution in [-0.2, 0) is 0 Å². The van der Waals surface area contributed by atoms with Gasteiger partial charge >= 0.3 is 0 Å². The third-order valence-corrected chi connectivity index (χ3v) is 3.94. The average Bonchev–Trinajstić information content (AvgIpc) is 2.33. The number of rotatable bonds is 3. The van der Waals surface area contributed by atoms with Crippen LogP contribution in [0.3, 0.4) is 0 Å². The summed E-state index contributed by atoms with van der Waals surface area (Å²) in [6, 6.07) is 10.9. The smallest absolute Gasteiger partial charge is 0.0837 e. The highest BCUT2D eigenvalue weighted by molar-refractivity contribution is 5.18. The quantitative estimate of drug-likeness (QED) is 0.792. The van der Waals surface area contributed by atoms with Crippen LogP contribution in [0, 0.1) is 5.92 Å². The van der Waals surface area contributed by atoms with Gasteiger partial charge in [0, 0.05) is 5.92 Å². The number of quaternary nitrogens is 1. The zero-order valence-corrected chi connectivity index (χ0v) is 10.6. The van der Waals surface area contributed by atoms with Crippen LogP contribution in [0.5, 0.6) is 0 Å². The first-order chi connectivity index (χ1) is 7.75. The summed E-state index contributed by atoms with van der Waals surface area (Å²) >= 11 is 0. The molecular formula is C15H24N+. The third-order valence-electron chi connectivity index (χ3n) is 3.94. The van der Waals surface area contributed by atoms with Gasteiger partial charge in [0.15, 0.2) is 0 Å². The van der Waals surface area contributed by atoms with Gasteiger partial charge in [-0.2, -0.15) is 0 Å². The Labute approximate surface area is 99.5 Å². The number of nitrogens with one attached hydrogen (secondary N) is 1. The summed E-state index contributed by atoms with van der Waals surface area (Å²) in [5.41, 5.74) is 1.49. The molecule has 0 spiro atoms. The van der Waals surface area contributed by atoms with E-state index in [0.717, 1.165) is 5.92 Å². The highest BCUT2D eigenvalue weighted by atomic mass is 15.1. The zero-order chi connectivity index (χ0) is 11.4. The second-order valence-electron chi connectivity index (χ2n) is 5.45. The molecule has 16 heavy (non-hydrogen) atoms. The van der Waals surface area contributed by atoms with E-state index in [1.807, 2.05) is 0 Å². The third kappa shape index (κ3) is 3.08. The standard InChI is InChI=1S/C15H23N/c1-13-8-10-16(11-9-13)12-14(2)15-6-4-3-5-7-15/h3-7,13-14H,8-12H2,1-2H3/p+1/t14-/m0/s1. The molecule has 1 heterocycles. The summed E-state index contributed by atoms with van der Waals surface area (Å²) in [5, 5.41) is 0. The number of piperidine rings is 1. The van der Waals surface area contributed by atoms with Gasteiger partial charge in [-0.25, -0.2) is 0 Å². The van der Waals surface area contributed by atoms with E-state index in [-0.39, 0.29) is 0 Å². The minimum atomic E-state index is 0.699.